The van der Waals surface area contributed by atoms with Crippen LogP contribution in [0.15, 0.2) is 24.3 Å². The summed E-state index contributed by atoms with van der Waals surface area (Å²) in [7, 11) is 0. The molecule has 0 amide bonds. The highest BCUT2D eigenvalue weighted by molar-refractivity contribution is 5.49. The Hall–Kier alpha value is -1.22. The van der Waals surface area contributed by atoms with Crippen molar-refractivity contribution in [3.8, 4) is 5.75 Å². The van der Waals surface area contributed by atoms with Crippen LogP contribution in [0.2, 0.25) is 0 Å². The summed E-state index contributed by atoms with van der Waals surface area (Å²) in [5, 5.41) is 8.92. The number of anilines is 1. The number of hydrogen-bond acceptors (Lipinski definition) is 3. The van der Waals surface area contributed by atoms with E-state index in [9.17, 15) is 0 Å². The van der Waals surface area contributed by atoms with Gasteiger partial charge in [0.15, 0.2) is 0 Å². The molecule has 0 aliphatic carbocycles. The number of aliphatic hydroxyl groups excluding tert-OH is 1. The molecular weight excluding hydrogens is 214 g/mol. The number of ether oxygens (including phenoxy) is 1. The monoisotopic (exact) mass is 235 g/mol. The Kier molecular flexibility index (Phi) is 4.26. The summed E-state index contributed by atoms with van der Waals surface area (Å²) in [4.78, 5) is 2.42. The van der Waals surface area contributed by atoms with Crippen molar-refractivity contribution in [3.63, 3.8) is 0 Å². The topological polar surface area (TPSA) is 32.7 Å². The van der Waals surface area contributed by atoms with E-state index in [-0.39, 0.29) is 12.7 Å². The highest BCUT2D eigenvalue weighted by Crippen LogP contribution is 2.23. The van der Waals surface area contributed by atoms with Crippen molar-refractivity contribution in [1.29, 1.82) is 0 Å². The smallest absolute Gasteiger partial charge is 0.119 e. The Morgan fingerprint density at radius 2 is 1.82 bits per heavy atom. The van der Waals surface area contributed by atoms with E-state index in [0.29, 0.717) is 0 Å². The molecule has 2 rings (SSSR count). The van der Waals surface area contributed by atoms with Crippen molar-refractivity contribution in [2.45, 2.75) is 32.3 Å². The fraction of sp³-hybridized carbons (Fsp3) is 0.571. The average molecular weight is 235 g/mol. The Morgan fingerprint density at radius 3 is 2.41 bits per heavy atom. The fourth-order valence-corrected chi connectivity index (χ4v) is 2.16. The first kappa shape index (κ1) is 12.2. The standard InChI is InChI=1S/C14H21NO2/c1-12(11-16)17-14-7-5-13(6-8-14)15-9-3-2-4-10-15/h5-8,12,16H,2-4,9-11H2,1H3. The van der Waals surface area contributed by atoms with Crippen molar-refractivity contribution in [2.24, 2.45) is 0 Å². The summed E-state index contributed by atoms with van der Waals surface area (Å²) in [6.07, 6.45) is 3.79. The first-order valence-corrected chi connectivity index (χ1v) is 6.42. The van der Waals surface area contributed by atoms with E-state index in [0.717, 1.165) is 18.8 Å². The van der Waals surface area contributed by atoms with Gasteiger partial charge in [-0.1, -0.05) is 0 Å². The van der Waals surface area contributed by atoms with Crippen LogP contribution in [0.5, 0.6) is 5.75 Å². The molecule has 0 spiro atoms. The lowest BCUT2D eigenvalue weighted by Crippen LogP contribution is -2.29. The van der Waals surface area contributed by atoms with Gasteiger partial charge >= 0.3 is 0 Å². The van der Waals surface area contributed by atoms with E-state index in [2.05, 4.69) is 17.0 Å². The normalized spacial score (nSPS) is 17.9. The summed E-state index contributed by atoms with van der Waals surface area (Å²) in [5.74, 6) is 0.826. The molecule has 0 saturated carbocycles. The van der Waals surface area contributed by atoms with Gasteiger partial charge < -0.3 is 14.7 Å². The third kappa shape index (κ3) is 3.37. The molecule has 17 heavy (non-hydrogen) atoms. The van der Waals surface area contributed by atoms with Gasteiger partial charge in [0.25, 0.3) is 0 Å². The Morgan fingerprint density at radius 1 is 1.18 bits per heavy atom. The van der Waals surface area contributed by atoms with Crippen LogP contribution in [-0.4, -0.2) is 30.9 Å². The van der Waals surface area contributed by atoms with Crippen LogP contribution < -0.4 is 9.64 Å². The zero-order valence-corrected chi connectivity index (χ0v) is 10.4. The molecule has 1 fully saturated rings. The minimum Gasteiger partial charge on any atom is -0.488 e. The van der Waals surface area contributed by atoms with Gasteiger partial charge in [0.1, 0.15) is 11.9 Å². The van der Waals surface area contributed by atoms with Crippen LogP contribution in [0.25, 0.3) is 0 Å². The van der Waals surface area contributed by atoms with Gasteiger partial charge in [-0.05, 0) is 50.5 Å². The van der Waals surface area contributed by atoms with Crippen molar-refractivity contribution in [3.05, 3.63) is 24.3 Å². The number of nitrogens with zero attached hydrogens (tertiary/aromatic N) is 1. The molecule has 1 aromatic rings. The fourth-order valence-electron chi connectivity index (χ4n) is 2.16. The summed E-state index contributed by atoms with van der Waals surface area (Å²) < 4.78 is 5.54. The van der Waals surface area contributed by atoms with E-state index in [1.807, 2.05) is 19.1 Å². The van der Waals surface area contributed by atoms with E-state index in [1.165, 1.54) is 24.9 Å². The summed E-state index contributed by atoms with van der Waals surface area (Å²) >= 11 is 0. The number of benzene rings is 1. The Bertz CT molecular complexity index is 331. The molecule has 1 aromatic carbocycles. The molecule has 1 N–H and O–H groups in total. The van der Waals surface area contributed by atoms with Gasteiger partial charge in [0, 0.05) is 18.8 Å². The largest absolute Gasteiger partial charge is 0.488 e. The van der Waals surface area contributed by atoms with Crippen LogP contribution in [-0.2, 0) is 0 Å². The molecule has 1 aliphatic rings. The minimum atomic E-state index is -0.143. The van der Waals surface area contributed by atoms with E-state index in [1.54, 1.807) is 0 Å². The first-order chi connectivity index (χ1) is 8.29. The predicted molar refractivity (Wildman–Crippen MR) is 69.7 cm³/mol. The van der Waals surface area contributed by atoms with Gasteiger partial charge in [-0.15, -0.1) is 0 Å². The number of rotatable bonds is 4. The van der Waals surface area contributed by atoms with Gasteiger partial charge in [-0.2, -0.15) is 0 Å². The number of piperidine rings is 1. The van der Waals surface area contributed by atoms with Gasteiger partial charge in [-0.3, -0.25) is 0 Å². The second-order valence-corrected chi connectivity index (χ2v) is 4.65. The minimum absolute atomic E-state index is 0.0495. The van der Waals surface area contributed by atoms with Crippen molar-refractivity contribution >= 4 is 5.69 Å². The van der Waals surface area contributed by atoms with Crippen LogP contribution >= 0.6 is 0 Å². The zero-order valence-electron chi connectivity index (χ0n) is 10.4. The Balaban J connectivity index is 1.97. The maximum Gasteiger partial charge on any atom is 0.119 e. The molecule has 1 aliphatic heterocycles. The van der Waals surface area contributed by atoms with Crippen molar-refractivity contribution < 1.29 is 9.84 Å². The third-order valence-corrected chi connectivity index (χ3v) is 3.15. The summed E-state index contributed by atoms with van der Waals surface area (Å²) in [6, 6.07) is 8.17. The van der Waals surface area contributed by atoms with Gasteiger partial charge in [0.05, 0.1) is 6.61 Å². The molecule has 0 bridgehead atoms. The lowest BCUT2D eigenvalue weighted by Gasteiger charge is -2.28. The Labute approximate surface area is 103 Å². The van der Waals surface area contributed by atoms with E-state index in [4.69, 9.17) is 9.84 Å². The molecule has 1 unspecified atom stereocenters. The highest BCUT2D eigenvalue weighted by Gasteiger charge is 2.10. The maximum absolute atomic E-state index is 8.92. The molecule has 3 heteroatoms. The molecular formula is C14H21NO2. The molecule has 0 radical (unpaired) electrons. The molecule has 1 heterocycles. The van der Waals surface area contributed by atoms with E-state index < -0.39 is 0 Å². The zero-order chi connectivity index (χ0) is 12.1. The van der Waals surface area contributed by atoms with Gasteiger partial charge in [-0.25, -0.2) is 0 Å². The van der Waals surface area contributed by atoms with Crippen LogP contribution in [0, 0.1) is 0 Å². The lowest BCUT2D eigenvalue weighted by molar-refractivity contribution is 0.130. The van der Waals surface area contributed by atoms with Crippen LogP contribution in [0.3, 0.4) is 0 Å². The predicted octanol–water partition coefficient (Wildman–Crippen LogP) is 2.44. The quantitative estimate of drug-likeness (QED) is 0.870. The molecule has 1 atom stereocenters. The highest BCUT2D eigenvalue weighted by atomic mass is 16.5. The lowest BCUT2D eigenvalue weighted by atomic mass is 10.1. The average Bonchev–Trinajstić information content (AvgIpc) is 2.40. The number of hydrogen-bond donors (Lipinski definition) is 1. The second kappa shape index (κ2) is 5.92. The maximum atomic E-state index is 8.92. The number of aliphatic hydroxyl groups is 1. The van der Waals surface area contributed by atoms with Crippen LogP contribution in [0.1, 0.15) is 26.2 Å². The van der Waals surface area contributed by atoms with Gasteiger partial charge in [0.2, 0.25) is 0 Å². The molecule has 1 saturated heterocycles. The second-order valence-electron chi connectivity index (χ2n) is 4.65. The molecule has 3 nitrogen and oxygen atoms in total. The molecule has 0 aromatic heterocycles. The SMILES string of the molecule is CC(CO)Oc1ccc(N2CCCCC2)cc1. The first-order valence-electron chi connectivity index (χ1n) is 6.42. The third-order valence-electron chi connectivity index (χ3n) is 3.15. The van der Waals surface area contributed by atoms with E-state index >= 15 is 0 Å². The van der Waals surface area contributed by atoms with Crippen LogP contribution in [0.4, 0.5) is 5.69 Å². The van der Waals surface area contributed by atoms with Crippen molar-refractivity contribution in [1.82, 2.24) is 0 Å². The van der Waals surface area contributed by atoms with Crippen molar-refractivity contribution in [2.75, 3.05) is 24.6 Å². The summed E-state index contributed by atoms with van der Waals surface area (Å²) in [5.41, 5.74) is 1.27. The summed E-state index contributed by atoms with van der Waals surface area (Å²) in [6.45, 7) is 4.23. The molecule has 94 valence electrons.